The number of aryl methyl sites for hydroxylation is 1. The maximum absolute atomic E-state index is 5.45. The van der Waals surface area contributed by atoms with Crippen LogP contribution >= 0.6 is 15.9 Å². The number of halogens is 1. The van der Waals surface area contributed by atoms with Crippen LogP contribution in [0.4, 0.5) is 5.95 Å². The van der Waals surface area contributed by atoms with Crippen LogP contribution in [0.5, 0.6) is 0 Å². The van der Waals surface area contributed by atoms with Crippen LogP contribution in [0.2, 0.25) is 0 Å². The van der Waals surface area contributed by atoms with Gasteiger partial charge in [0.15, 0.2) is 4.73 Å². The Kier molecular flexibility index (Phi) is 4.34. The normalized spacial score (nSPS) is 11.1. The number of nitrogens with zero attached hydrogens (tertiary/aromatic N) is 4. The average molecular weight is 262 g/mol. The second-order valence-electron chi connectivity index (χ2n) is 3.47. The van der Waals surface area contributed by atoms with E-state index < -0.39 is 0 Å². The third-order valence-electron chi connectivity index (χ3n) is 1.87. The maximum Gasteiger partial charge on any atom is 0.240 e. The van der Waals surface area contributed by atoms with E-state index in [-0.39, 0.29) is 0 Å². The number of hydrogen-bond acceptors (Lipinski definition) is 4. The summed E-state index contributed by atoms with van der Waals surface area (Å²) in [6.45, 7) is 1.96. The first-order valence-electron chi connectivity index (χ1n) is 4.60. The maximum atomic E-state index is 5.45. The van der Waals surface area contributed by atoms with E-state index in [9.17, 15) is 0 Å². The SMILES string of the molecule is CN(C)CCCCn1nc(N)nc1Br. The van der Waals surface area contributed by atoms with E-state index >= 15 is 0 Å². The Balaban J connectivity index is 2.28. The molecule has 0 saturated carbocycles. The summed E-state index contributed by atoms with van der Waals surface area (Å²) in [6, 6.07) is 0. The van der Waals surface area contributed by atoms with Gasteiger partial charge < -0.3 is 10.6 Å². The van der Waals surface area contributed by atoms with Crippen LogP contribution in [0.1, 0.15) is 12.8 Å². The van der Waals surface area contributed by atoms with Gasteiger partial charge in [-0.25, -0.2) is 4.68 Å². The lowest BCUT2D eigenvalue weighted by Crippen LogP contribution is -2.13. The zero-order valence-electron chi connectivity index (χ0n) is 8.57. The number of unbranched alkanes of at least 4 members (excludes halogenated alkanes) is 1. The van der Waals surface area contributed by atoms with Crippen LogP contribution in [0, 0.1) is 0 Å². The van der Waals surface area contributed by atoms with E-state index in [0.29, 0.717) is 10.7 Å². The highest BCUT2D eigenvalue weighted by molar-refractivity contribution is 9.10. The first kappa shape index (κ1) is 11.5. The molecular weight excluding hydrogens is 246 g/mol. The summed E-state index contributed by atoms with van der Waals surface area (Å²) >= 11 is 3.30. The number of nitrogen functional groups attached to an aromatic ring is 1. The lowest BCUT2D eigenvalue weighted by atomic mass is 10.3. The molecule has 0 bridgehead atoms. The molecule has 0 aliphatic carbocycles. The second-order valence-corrected chi connectivity index (χ2v) is 4.18. The number of rotatable bonds is 5. The van der Waals surface area contributed by atoms with Crippen molar-refractivity contribution in [2.75, 3.05) is 26.4 Å². The van der Waals surface area contributed by atoms with Gasteiger partial charge in [0.1, 0.15) is 0 Å². The lowest BCUT2D eigenvalue weighted by molar-refractivity contribution is 0.384. The van der Waals surface area contributed by atoms with Gasteiger partial charge in [-0.05, 0) is 49.4 Å². The topological polar surface area (TPSA) is 60.0 Å². The molecule has 0 unspecified atom stereocenters. The molecule has 0 aromatic carbocycles. The molecule has 0 aliphatic rings. The van der Waals surface area contributed by atoms with E-state index in [1.807, 2.05) is 0 Å². The summed E-state index contributed by atoms with van der Waals surface area (Å²) in [5.74, 6) is 0.324. The van der Waals surface area contributed by atoms with E-state index in [2.05, 4.69) is 45.0 Å². The molecular formula is C8H16BrN5. The van der Waals surface area contributed by atoms with Crippen LogP contribution < -0.4 is 5.73 Å². The zero-order chi connectivity index (χ0) is 10.6. The quantitative estimate of drug-likeness (QED) is 0.803. The minimum absolute atomic E-state index is 0.324. The van der Waals surface area contributed by atoms with Crippen molar-refractivity contribution >= 4 is 21.9 Å². The zero-order valence-corrected chi connectivity index (χ0v) is 10.2. The van der Waals surface area contributed by atoms with Crippen molar-refractivity contribution in [3.8, 4) is 0 Å². The van der Waals surface area contributed by atoms with Crippen molar-refractivity contribution in [2.45, 2.75) is 19.4 Å². The molecule has 1 aromatic rings. The van der Waals surface area contributed by atoms with Gasteiger partial charge in [0.25, 0.3) is 0 Å². The summed E-state index contributed by atoms with van der Waals surface area (Å²) in [4.78, 5) is 6.13. The molecule has 0 aliphatic heterocycles. The molecule has 0 radical (unpaired) electrons. The van der Waals surface area contributed by atoms with Crippen LogP contribution in [-0.4, -0.2) is 40.3 Å². The molecule has 14 heavy (non-hydrogen) atoms. The van der Waals surface area contributed by atoms with Crippen molar-refractivity contribution in [1.29, 1.82) is 0 Å². The molecule has 0 saturated heterocycles. The van der Waals surface area contributed by atoms with Crippen molar-refractivity contribution in [1.82, 2.24) is 19.7 Å². The third-order valence-corrected chi connectivity index (χ3v) is 2.45. The molecule has 1 heterocycles. The van der Waals surface area contributed by atoms with Crippen LogP contribution in [0.15, 0.2) is 4.73 Å². The molecule has 0 atom stereocenters. The molecule has 1 aromatic heterocycles. The Bertz CT molecular complexity index is 283. The summed E-state index contributed by atoms with van der Waals surface area (Å²) < 4.78 is 2.49. The van der Waals surface area contributed by atoms with Gasteiger partial charge in [0.2, 0.25) is 5.95 Å². The Labute approximate surface area is 92.4 Å². The number of aromatic nitrogens is 3. The molecule has 0 spiro atoms. The van der Waals surface area contributed by atoms with Crippen LogP contribution in [-0.2, 0) is 6.54 Å². The Morgan fingerprint density at radius 3 is 2.64 bits per heavy atom. The monoisotopic (exact) mass is 261 g/mol. The molecule has 2 N–H and O–H groups in total. The first-order valence-corrected chi connectivity index (χ1v) is 5.39. The van der Waals surface area contributed by atoms with Gasteiger partial charge in [-0.3, -0.25) is 0 Å². The Morgan fingerprint density at radius 1 is 1.43 bits per heavy atom. The highest BCUT2D eigenvalue weighted by atomic mass is 79.9. The van der Waals surface area contributed by atoms with Crippen LogP contribution in [0.25, 0.3) is 0 Å². The third kappa shape index (κ3) is 3.63. The smallest absolute Gasteiger partial charge is 0.240 e. The van der Waals surface area contributed by atoms with E-state index in [1.165, 1.54) is 0 Å². The molecule has 0 fully saturated rings. The predicted octanol–water partition coefficient (Wildman–Crippen LogP) is 0.965. The van der Waals surface area contributed by atoms with Crippen LogP contribution in [0.3, 0.4) is 0 Å². The summed E-state index contributed by atoms with van der Waals surface area (Å²) in [7, 11) is 4.15. The highest BCUT2D eigenvalue weighted by Crippen LogP contribution is 2.08. The lowest BCUT2D eigenvalue weighted by Gasteiger charge is -2.08. The number of hydrogen-bond donors (Lipinski definition) is 1. The van der Waals surface area contributed by atoms with Gasteiger partial charge in [0.05, 0.1) is 0 Å². The summed E-state index contributed by atoms with van der Waals surface area (Å²) in [5, 5.41) is 4.05. The van der Waals surface area contributed by atoms with E-state index in [4.69, 9.17) is 5.73 Å². The van der Waals surface area contributed by atoms with E-state index in [1.54, 1.807) is 4.68 Å². The fourth-order valence-corrected chi connectivity index (χ4v) is 1.61. The molecule has 80 valence electrons. The van der Waals surface area contributed by atoms with Gasteiger partial charge in [-0.2, -0.15) is 4.98 Å². The molecule has 6 heteroatoms. The van der Waals surface area contributed by atoms with Gasteiger partial charge in [-0.1, -0.05) is 0 Å². The Hall–Kier alpha value is -0.620. The standard InChI is InChI=1S/C8H16BrN5/c1-13(2)5-3-4-6-14-7(9)11-8(10)12-14/h3-6H2,1-2H3,(H2,10,12). The summed E-state index contributed by atoms with van der Waals surface area (Å²) in [6.07, 6.45) is 2.23. The van der Waals surface area contributed by atoms with Crippen molar-refractivity contribution < 1.29 is 0 Å². The van der Waals surface area contributed by atoms with Gasteiger partial charge >= 0.3 is 0 Å². The van der Waals surface area contributed by atoms with Crippen molar-refractivity contribution in [3.05, 3.63) is 4.73 Å². The molecule has 0 amide bonds. The molecule has 5 nitrogen and oxygen atoms in total. The minimum Gasteiger partial charge on any atom is -0.366 e. The van der Waals surface area contributed by atoms with Crippen molar-refractivity contribution in [3.63, 3.8) is 0 Å². The first-order chi connectivity index (χ1) is 6.59. The average Bonchev–Trinajstić information content (AvgIpc) is 2.39. The highest BCUT2D eigenvalue weighted by Gasteiger charge is 2.03. The molecule has 1 rings (SSSR count). The number of nitrogens with two attached hydrogens (primary N) is 1. The second kappa shape index (κ2) is 5.31. The minimum atomic E-state index is 0.324. The Morgan fingerprint density at radius 2 is 2.14 bits per heavy atom. The van der Waals surface area contributed by atoms with Gasteiger partial charge in [0, 0.05) is 6.54 Å². The van der Waals surface area contributed by atoms with E-state index in [0.717, 1.165) is 25.9 Å². The van der Waals surface area contributed by atoms with Gasteiger partial charge in [-0.15, -0.1) is 5.10 Å². The predicted molar refractivity (Wildman–Crippen MR) is 59.9 cm³/mol. The fraction of sp³-hybridized carbons (Fsp3) is 0.750. The summed E-state index contributed by atoms with van der Waals surface area (Å²) in [5.41, 5.74) is 5.45. The largest absolute Gasteiger partial charge is 0.366 e. The van der Waals surface area contributed by atoms with Crippen molar-refractivity contribution in [2.24, 2.45) is 0 Å². The number of anilines is 1. The fourth-order valence-electron chi connectivity index (χ4n) is 1.17.